The van der Waals surface area contributed by atoms with Crippen LogP contribution in [0, 0.1) is 0 Å². The third kappa shape index (κ3) is 2.78. The van der Waals surface area contributed by atoms with E-state index in [1.54, 1.807) is 24.3 Å². The van der Waals surface area contributed by atoms with E-state index in [2.05, 4.69) is 21.2 Å². The fourth-order valence-corrected chi connectivity index (χ4v) is 4.41. The van der Waals surface area contributed by atoms with Crippen LogP contribution in [-0.4, -0.2) is 57.3 Å². The maximum Gasteiger partial charge on any atom is 0.285 e. The molecule has 0 aromatic heterocycles. The average Bonchev–Trinajstić information content (AvgIpc) is 2.71. The molecule has 1 fully saturated rings. The molecule has 0 radical (unpaired) electrons. The fourth-order valence-electron chi connectivity index (χ4n) is 2.80. The number of hydrogen-bond donors (Lipinski definition) is 0. The van der Waals surface area contributed by atoms with Crippen molar-refractivity contribution in [3.63, 3.8) is 0 Å². The molecule has 0 bridgehead atoms. The average molecular weight is 340 g/mol. The molecule has 2 aliphatic heterocycles. The second-order valence-corrected chi connectivity index (χ2v) is 7.62. The van der Waals surface area contributed by atoms with Crippen molar-refractivity contribution in [2.75, 3.05) is 33.2 Å². The number of nitrogens with zero attached hydrogens (tertiary/aromatic N) is 3. The Morgan fingerprint density at radius 2 is 1.68 bits per heavy atom. The second kappa shape index (κ2) is 5.68. The Labute approximate surface area is 135 Å². The third-order valence-corrected chi connectivity index (χ3v) is 5.77. The first kappa shape index (κ1) is 15.5. The Hall–Kier alpha value is -1.37. The molecule has 2 aliphatic rings. The first-order valence-electron chi connectivity index (χ1n) is 7.14. The van der Waals surface area contributed by atoms with Crippen molar-refractivity contribution in [2.24, 2.45) is 4.40 Å². The summed E-state index contributed by atoms with van der Waals surface area (Å²) >= 11 is 5.88. The standard InChI is InChI=1S/C15H18ClN3O2S/c1-11-14(12-3-5-13(16)6-4-12)22(20,21)17-15(11)19-9-7-18(2)8-10-19/h3-6H,7-10H2,1-2H3. The van der Waals surface area contributed by atoms with E-state index in [-0.39, 0.29) is 4.91 Å². The molecule has 5 nitrogen and oxygen atoms in total. The number of halogens is 1. The van der Waals surface area contributed by atoms with Crippen molar-refractivity contribution in [2.45, 2.75) is 6.92 Å². The summed E-state index contributed by atoms with van der Waals surface area (Å²) in [6.07, 6.45) is 0. The van der Waals surface area contributed by atoms with Gasteiger partial charge in [-0.1, -0.05) is 23.7 Å². The summed E-state index contributed by atoms with van der Waals surface area (Å²) in [7, 11) is -1.58. The van der Waals surface area contributed by atoms with Crippen LogP contribution < -0.4 is 0 Å². The van der Waals surface area contributed by atoms with E-state index in [9.17, 15) is 8.42 Å². The number of rotatable bonds is 1. The summed E-state index contributed by atoms with van der Waals surface area (Å²) in [5.74, 6) is 0.582. The predicted molar refractivity (Wildman–Crippen MR) is 89.5 cm³/mol. The van der Waals surface area contributed by atoms with Gasteiger partial charge >= 0.3 is 0 Å². The molecule has 0 saturated carbocycles. The van der Waals surface area contributed by atoms with Gasteiger partial charge in [0.15, 0.2) is 0 Å². The summed E-state index contributed by atoms with van der Waals surface area (Å²) in [6.45, 7) is 5.21. The monoisotopic (exact) mass is 339 g/mol. The molecule has 7 heteroatoms. The molecule has 0 aliphatic carbocycles. The molecular formula is C15H18ClN3O2S. The lowest BCUT2D eigenvalue weighted by atomic mass is 10.1. The van der Waals surface area contributed by atoms with Crippen LogP contribution in [0.5, 0.6) is 0 Å². The summed E-state index contributed by atoms with van der Waals surface area (Å²) in [5, 5.41) is 0.581. The van der Waals surface area contributed by atoms with Crippen molar-refractivity contribution in [3.8, 4) is 0 Å². The number of piperazine rings is 1. The molecule has 0 amide bonds. The molecule has 118 valence electrons. The maximum atomic E-state index is 12.5. The van der Waals surface area contributed by atoms with E-state index in [0.29, 0.717) is 22.0 Å². The molecule has 0 spiro atoms. The molecule has 1 aromatic carbocycles. The lowest BCUT2D eigenvalue weighted by Crippen LogP contribution is -2.47. The minimum atomic E-state index is -3.64. The molecule has 0 N–H and O–H groups in total. The van der Waals surface area contributed by atoms with E-state index in [1.807, 2.05) is 6.92 Å². The Morgan fingerprint density at radius 1 is 1.09 bits per heavy atom. The zero-order valence-corrected chi connectivity index (χ0v) is 14.2. The van der Waals surface area contributed by atoms with Crippen LogP contribution in [0.25, 0.3) is 4.91 Å². The van der Waals surface area contributed by atoms with Gasteiger partial charge in [0.1, 0.15) is 10.7 Å². The molecular weight excluding hydrogens is 322 g/mol. The van der Waals surface area contributed by atoms with E-state index < -0.39 is 10.0 Å². The number of benzene rings is 1. The summed E-state index contributed by atoms with van der Waals surface area (Å²) in [6, 6.07) is 6.84. The largest absolute Gasteiger partial charge is 0.353 e. The van der Waals surface area contributed by atoms with E-state index in [0.717, 1.165) is 26.2 Å². The molecule has 2 heterocycles. The highest BCUT2D eigenvalue weighted by molar-refractivity contribution is 8.00. The van der Waals surface area contributed by atoms with Gasteiger partial charge in [0.05, 0.1) is 0 Å². The lowest BCUT2D eigenvalue weighted by Gasteiger charge is -2.33. The summed E-state index contributed by atoms with van der Waals surface area (Å²) in [5.41, 5.74) is 1.35. The number of hydrogen-bond acceptors (Lipinski definition) is 4. The fraction of sp³-hybridized carbons (Fsp3) is 0.400. The van der Waals surface area contributed by atoms with E-state index in [4.69, 9.17) is 11.6 Å². The molecule has 0 atom stereocenters. The van der Waals surface area contributed by atoms with Crippen LogP contribution in [0.15, 0.2) is 34.2 Å². The zero-order valence-electron chi connectivity index (χ0n) is 12.6. The Bertz CT molecular complexity index is 745. The summed E-state index contributed by atoms with van der Waals surface area (Å²) < 4.78 is 28.9. The first-order valence-corrected chi connectivity index (χ1v) is 8.96. The highest BCUT2D eigenvalue weighted by atomic mass is 35.5. The van der Waals surface area contributed by atoms with E-state index in [1.165, 1.54) is 0 Å². The van der Waals surface area contributed by atoms with Crippen molar-refractivity contribution in [1.82, 2.24) is 9.80 Å². The van der Waals surface area contributed by atoms with Gasteiger partial charge in [0.2, 0.25) is 0 Å². The lowest BCUT2D eigenvalue weighted by molar-refractivity contribution is 0.216. The third-order valence-electron chi connectivity index (χ3n) is 4.05. The van der Waals surface area contributed by atoms with Gasteiger partial charge in [-0.25, -0.2) is 0 Å². The molecule has 22 heavy (non-hydrogen) atoms. The van der Waals surface area contributed by atoms with Gasteiger partial charge in [0.25, 0.3) is 10.0 Å². The SMILES string of the molecule is CC1=C(c2ccc(Cl)cc2)S(=O)(=O)N=C1N1CCN(C)CC1. The zero-order chi connectivity index (χ0) is 15.9. The number of amidine groups is 1. The first-order chi connectivity index (χ1) is 10.4. The van der Waals surface area contributed by atoms with Crippen molar-refractivity contribution in [1.29, 1.82) is 0 Å². The van der Waals surface area contributed by atoms with Gasteiger partial charge in [-0.05, 0) is 31.7 Å². The molecule has 1 saturated heterocycles. The van der Waals surface area contributed by atoms with Crippen LogP contribution in [0.4, 0.5) is 0 Å². The molecule has 3 rings (SSSR count). The molecule has 0 unspecified atom stereocenters. The van der Waals surface area contributed by atoms with Gasteiger partial charge in [-0.3, -0.25) is 0 Å². The Balaban J connectivity index is 1.99. The Kier molecular flexibility index (Phi) is 4.01. The van der Waals surface area contributed by atoms with Crippen molar-refractivity contribution in [3.05, 3.63) is 40.4 Å². The Morgan fingerprint density at radius 3 is 2.27 bits per heavy atom. The van der Waals surface area contributed by atoms with Gasteiger partial charge < -0.3 is 9.80 Å². The highest BCUT2D eigenvalue weighted by Crippen LogP contribution is 2.34. The topological polar surface area (TPSA) is 53.0 Å². The van der Waals surface area contributed by atoms with Gasteiger partial charge in [-0.15, -0.1) is 4.40 Å². The molecule has 1 aromatic rings. The van der Waals surface area contributed by atoms with Gasteiger partial charge in [-0.2, -0.15) is 8.42 Å². The van der Waals surface area contributed by atoms with Crippen LogP contribution in [-0.2, 0) is 10.0 Å². The van der Waals surface area contributed by atoms with Crippen LogP contribution in [0.1, 0.15) is 12.5 Å². The number of sulfonamides is 1. The normalized spacial score (nSPS) is 22.1. The smallest absolute Gasteiger partial charge is 0.285 e. The van der Waals surface area contributed by atoms with Crippen molar-refractivity contribution >= 4 is 32.4 Å². The van der Waals surface area contributed by atoms with Crippen LogP contribution in [0.2, 0.25) is 5.02 Å². The minimum Gasteiger partial charge on any atom is -0.353 e. The quantitative estimate of drug-likeness (QED) is 0.786. The maximum absolute atomic E-state index is 12.5. The van der Waals surface area contributed by atoms with Crippen LogP contribution in [0.3, 0.4) is 0 Å². The van der Waals surface area contributed by atoms with Crippen LogP contribution >= 0.6 is 11.6 Å². The summed E-state index contributed by atoms with van der Waals surface area (Å²) in [4.78, 5) is 4.56. The highest BCUT2D eigenvalue weighted by Gasteiger charge is 2.34. The van der Waals surface area contributed by atoms with E-state index >= 15 is 0 Å². The van der Waals surface area contributed by atoms with Crippen molar-refractivity contribution < 1.29 is 8.42 Å². The predicted octanol–water partition coefficient (Wildman–Crippen LogP) is 2.06. The van der Waals surface area contributed by atoms with Gasteiger partial charge in [0, 0.05) is 36.8 Å². The minimum absolute atomic E-state index is 0.290. The second-order valence-electron chi connectivity index (χ2n) is 5.64. The number of likely N-dealkylation sites (N-methyl/N-ethyl adjacent to an activating group) is 1.